The molecule has 3 aromatic carbocycles. The molecule has 1 aromatic heterocycles. The van der Waals surface area contributed by atoms with Crippen molar-refractivity contribution in [3.8, 4) is 11.1 Å². The van der Waals surface area contributed by atoms with E-state index in [1.807, 2.05) is 84.9 Å². The largest absolute Gasteiger partial charge is 0.295 e. The fourth-order valence-electron chi connectivity index (χ4n) is 3.63. The molecule has 0 aliphatic carbocycles. The smallest absolute Gasteiger partial charge is 0.275 e. The Labute approximate surface area is 157 Å². The number of nitrogens with one attached hydrogen (secondary N) is 1. The predicted molar refractivity (Wildman–Crippen MR) is 107 cm³/mol. The number of carbonyl (C=O) groups is 1. The quantitative estimate of drug-likeness (QED) is 0.572. The number of carbonyl (C=O) groups excluding carboxylic acids is 1. The highest BCUT2D eigenvalue weighted by Gasteiger charge is 2.33. The maximum atomic E-state index is 13.3. The van der Waals surface area contributed by atoms with Crippen molar-refractivity contribution >= 4 is 22.5 Å². The lowest BCUT2D eigenvalue weighted by atomic mass is 9.95. The van der Waals surface area contributed by atoms with Crippen LogP contribution in [0.25, 0.3) is 22.0 Å². The number of anilines is 1. The highest BCUT2D eigenvalue weighted by Crippen LogP contribution is 2.37. The van der Waals surface area contributed by atoms with Crippen LogP contribution in [0.2, 0.25) is 0 Å². The second-order valence-corrected chi connectivity index (χ2v) is 6.56. The first-order chi connectivity index (χ1) is 13.3. The van der Waals surface area contributed by atoms with Gasteiger partial charge in [-0.3, -0.25) is 10.2 Å². The molecule has 0 saturated heterocycles. The van der Waals surface area contributed by atoms with Crippen molar-refractivity contribution in [2.45, 2.75) is 6.54 Å². The van der Waals surface area contributed by atoms with Crippen LogP contribution in [-0.2, 0) is 6.54 Å². The normalized spacial score (nSPS) is 13.0. The van der Waals surface area contributed by atoms with Gasteiger partial charge in [-0.05, 0) is 23.8 Å². The molecule has 2 heterocycles. The van der Waals surface area contributed by atoms with Crippen LogP contribution in [0.5, 0.6) is 0 Å². The third-order valence-corrected chi connectivity index (χ3v) is 4.83. The Balaban J connectivity index is 1.67. The number of para-hydroxylation sites is 2. The van der Waals surface area contributed by atoms with Gasteiger partial charge in [-0.1, -0.05) is 66.7 Å². The lowest BCUT2D eigenvalue weighted by Gasteiger charge is -2.18. The van der Waals surface area contributed by atoms with Crippen molar-refractivity contribution in [1.82, 2.24) is 9.99 Å². The molecule has 0 unspecified atom stereocenters. The first-order valence-electron chi connectivity index (χ1n) is 8.92. The van der Waals surface area contributed by atoms with Gasteiger partial charge in [-0.2, -0.15) is 0 Å². The number of aromatic nitrogens is 1. The number of benzene rings is 3. The lowest BCUT2D eigenvalue weighted by Crippen LogP contribution is -2.30. The van der Waals surface area contributed by atoms with Crippen molar-refractivity contribution in [1.29, 1.82) is 0 Å². The SMILES string of the molecule is O=C1c2c(nc3ccccc3c2-c2ccccc2)CN1Nc1ccccc1. The minimum absolute atomic E-state index is 0.0500. The topological polar surface area (TPSA) is 45.2 Å². The van der Waals surface area contributed by atoms with E-state index in [9.17, 15) is 4.79 Å². The predicted octanol–water partition coefficient (Wildman–Crippen LogP) is 4.88. The zero-order chi connectivity index (χ0) is 18.2. The molecule has 4 nitrogen and oxygen atoms in total. The summed E-state index contributed by atoms with van der Waals surface area (Å²) in [5.41, 5.74) is 8.48. The van der Waals surface area contributed by atoms with Crippen LogP contribution in [0.4, 0.5) is 5.69 Å². The minimum Gasteiger partial charge on any atom is -0.295 e. The maximum Gasteiger partial charge on any atom is 0.275 e. The number of fused-ring (bicyclic) bond motifs is 2. The molecule has 130 valence electrons. The van der Waals surface area contributed by atoms with Gasteiger partial charge in [0.15, 0.2) is 0 Å². The van der Waals surface area contributed by atoms with E-state index in [0.29, 0.717) is 12.1 Å². The Morgan fingerprint density at radius 2 is 1.44 bits per heavy atom. The van der Waals surface area contributed by atoms with Crippen LogP contribution in [0.15, 0.2) is 84.9 Å². The molecule has 1 aliphatic heterocycles. The number of rotatable bonds is 3. The van der Waals surface area contributed by atoms with Crippen LogP contribution < -0.4 is 5.43 Å². The highest BCUT2D eigenvalue weighted by molar-refractivity contribution is 6.11. The summed E-state index contributed by atoms with van der Waals surface area (Å²) in [7, 11) is 0. The second kappa shape index (κ2) is 6.25. The number of nitrogens with zero attached hydrogens (tertiary/aromatic N) is 2. The Bertz CT molecular complexity index is 1140. The Hall–Kier alpha value is -3.66. The average Bonchev–Trinajstić information content (AvgIpc) is 3.02. The number of pyridine rings is 1. The van der Waals surface area contributed by atoms with Crippen LogP contribution in [0.1, 0.15) is 16.1 Å². The number of hydrogen-bond acceptors (Lipinski definition) is 3. The molecule has 1 amide bonds. The molecule has 1 N–H and O–H groups in total. The molecule has 0 saturated carbocycles. The first-order valence-corrected chi connectivity index (χ1v) is 8.92. The fraction of sp³-hybridized carbons (Fsp3) is 0.0435. The second-order valence-electron chi connectivity index (χ2n) is 6.56. The summed E-state index contributed by atoms with van der Waals surface area (Å²) in [4.78, 5) is 18.0. The molecule has 4 heteroatoms. The van der Waals surface area contributed by atoms with Gasteiger partial charge in [0.2, 0.25) is 0 Å². The van der Waals surface area contributed by atoms with E-state index in [-0.39, 0.29) is 5.91 Å². The van der Waals surface area contributed by atoms with Crippen LogP contribution in [0, 0.1) is 0 Å². The molecular weight excluding hydrogens is 334 g/mol. The van der Waals surface area contributed by atoms with Gasteiger partial charge >= 0.3 is 0 Å². The van der Waals surface area contributed by atoms with Crippen molar-refractivity contribution in [3.05, 3.63) is 96.2 Å². The van der Waals surface area contributed by atoms with E-state index < -0.39 is 0 Å². The number of amides is 1. The van der Waals surface area contributed by atoms with Crippen molar-refractivity contribution in [3.63, 3.8) is 0 Å². The lowest BCUT2D eigenvalue weighted by molar-refractivity contribution is 0.0815. The van der Waals surface area contributed by atoms with Crippen molar-refractivity contribution in [2.24, 2.45) is 0 Å². The summed E-state index contributed by atoms with van der Waals surface area (Å²) in [6, 6.07) is 27.8. The Morgan fingerprint density at radius 3 is 2.22 bits per heavy atom. The zero-order valence-electron chi connectivity index (χ0n) is 14.6. The van der Waals surface area contributed by atoms with Gasteiger partial charge in [0.1, 0.15) is 0 Å². The van der Waals surface area contributed by atoms with Gasteiger partial charge in [0, 0.05) is 10.9 Å². The summed E-state index contributed by atoms with van der Waals surface area (Å²) >= 11 is 0. The summed E-state index contributed by atoms with van der Waals surface area (Å²) in [6.45, 7) is 0.438. The summed E-state index contributed by atoms with van der Waals surface area (Å²) in [5, 5.41) is 2.63. The standard InChI is InChI=1S/C23H17N3O/c27-23-22-20(15-26(23)25-17-11-5-2-6-12-17)24-19-14-8-7-13-18(19)21(22)16-9-3-1-4-10-16/h1-14,25H,15H2. The van der Waals surface area contributed by atoms with Crippen LogP contribution in [0.3, 0.4) is 0 Å². The molecule has 0 bridgehead atoms. The average molecular weight is 351 g/mol. The molecule has 0 atom stereocenters. The van der Waals surface area contributed by atoms with Crippen LogP contribution in [-0.4, -0.2) is 15.9 Å². The maximum absolute atomic E-state index is 13.3. The summed E-state index contributed by atoms with van der Waals surface area (Å²) < 4.78 is 0. The van der Waals surface area contributed by atoms with Gasteiger partial charge in [0.05, 0.1) is 29.0 Å². The third kappa shape index (κ3) is 2.62. The number of hydrogen-bond donors (Lipinski definition) is 1. The molecule has 0 radical (unpaired) electrons. The monoisotopic (exact) mass is 351 g/mol. The van der Waals surface area contributed by atoms with Gasteiger partial charge in [0.25, 0.3) is 5.91 Å². The molecule has 0 spiro atoms. The zero-order valence-corrected chi connectivity index (χ0v) is 14.6. The molecule has 1 aliphatic rings. The molecule has 4 aromatic rings. The number of hydrazine groups is 1. The highest BCUT2D eigenvalue weighted by atomic mass is 16.2. The van der Waals surface area contributed by atoms with Crippen molar-refractivity contribution in [2.75, 3.05) is 5.43 Å². The summed E-state index contributed by atoms with van der Waals surface area (Å²) in [5.74, 6) is -0.0500. The molecule has 5 rings (SSSR count). The van der Waals surface area contributed by atoms with E-state index in [0.717, 1.165) is 33.4 Å². The molecular formula is C23H17N3O. The Morgan fingerprint density at radius 1 is 0.778 bits per heavy atom. The van der Waals surface area contributed by atoms with Crippen molar-refractivity contribution < 1.29 is 4.79 Å². The first kappa shape index (κ1) is 15.6. The van der Waals surface area contributed by atoms with E-state index in [1.54, 1.807) is 5.01 Å². The molecule has 0 fully saturated rings. The van der Waals surface area contributed by atoms with Gasteiger partial charge < -0.3 is 0 Å². The van der Waals surface area contributed by atoms with E-state index >= 15 is 0 Å². The van der Waals surface area contributed by atoms with E-state index in [2.05, 4.69) is 5.43 Å². The summed E-state index contributed by atoms with van der Waals surface area (Å²) in [6.07, 6.45) is 0. The Kier molecular flexibility index (Phi) is 3.61. The third-order valence-electron chi connectivity index (χ3n) is 4.83. The van der Waals surface area contributed by atoms with Gasteiger partial charge in [-0.15, -0.1) is 0 Å². The van der Waals surface area contributed by atoms with Crippen LogP contribution >= 0.6 is 0 Å². The van der Waals surface area contributed by atoms with E-state index in [1.165, 1.54) is 0 Å². The van der Waals surface area contributed by atoms with Gasteiger partial charge in [-0.25, -0.2) is 9.99 Å². The fourth-order valence-corrected chi connectivity index (χ4v) is 3.63. The van der Waals surface area contributed by atoms with E-state index in [4.69, 9.17) is 4.98 Å². The minimum atomic E-state index is -0.0500. The molecule has 27 heavy (non-hydrogen) atoms.